The second-order valence-corrected chi connectivity index (χ2v) is 11.0. The Balaban J connectivity index is 1.18. The lowest BCUT2D eigenvalue weighted by molar-refractivity contribution is 0.121. The Bertz CT molecular complexity index is 1450. The molecule has 2 unspecified atom stereocenters. The summed E-state index contributed by atoms with van der Waals surface area (Å²) >= 11 is 1.42. The standard InChI is InChI=1S/C25H20N2O5S2/c1-14-21(26-24(29)30-15(2)16-6-4-3-5-7-16)19(31-27-14)9-8-18-12-17-13-20-25(10-11-25)23(28)34(20)32-22(17)33-18/h3-7,12-13,15,28H,10-11H2,1-2H3,(H,26,29). The summed E-state index contributed by atoms with van der Waals surface area (Å²) < 4.78 is 16.8. The molecular formula is C25H20N2O5S2. The predicted octanol–water partition coefficient (Wildman–Crippen LogP) is 6.15. The van der Waals surface area contributed by atoms with Gasteiger partial charge in [-0.25, -0.2) is 4.79 Å². The van der Waals surface area contributed by atoms with Gasteiger partial charge in [0.2, 0.25) is 5.76 Å². The Labute approximate surface area is 202 Å². The van der Waals surface area contributed by atoms with Gasteiger partial charge in [0.05, 0.1) is 21.1 Å². The number of nitrogens with one attached hydrogen (secondary N) is 1. The molecule has 9 heteroatoms. The zero-order chi connectivity index (χ0) is 23.4. The molecule has 0 radical (unpaired) electrons. The van der Waals surface area contributed by atoms with Crippen LogP contribution < -0.4 is 9.50 Å². The molecule has 2 N–H and O–H groups in total. The summed E-state index contributed by atoms with van der Waals surface area (Å²) in [5, 5.41) is 18.2. The van der Waals surface area contributed by atoms with Gasteiger partial charge in [0, 0.05) is 10.5 Å². The third-order valence-corrected chi connectivity index (χ3v) is 9.15. The van der Waals surface area contributed by atoms with E-state index in [1.54, 1.807) is 13.8 Å². The van der Waals surface area contributed by atoms with Crippen molar-refractivity contribution in [2.24, 2.45) is 5.41 Å². The van der Waals surface area contributed by atoms with Crippen LogP contribution in [0.3, 0.4) is 0 Å². The molecule has 3 aromatic rings. The third-order valence-electron chi connectivity index (χ3n) is 6.12. The Morgan fingerprint density at radius 3 is 2.88 bits per heavy atom. The van der Waals surface area contributed by atoms with Gasteiger partial charge in [-0.05, 0) is 56.2 Å². The number of carbonyl (C=O) groups is 1. The van der Waals surface area contributed by atoms with Crippen molar-refractivity contribution in [3.63, 3.8) is 0 Å². The van der Waals surface area contributed by atoms with Gasteiger partial charge in [0.1, 0.15) is 22.5 Å². The highest BCUT2D eigenvalue weighted by Crippen LogP contribution is 2.69. The van der Waals surface area contributed by atoms with E-state index in [1.165, 1.54) is 16.2 Å². The first-order valence-corrected chi connectivity index (χ1v) is 12.8. The van der Waals surface area contributed by atoms with Crippen LogP contribution in [0.4, 0.5) is 10.5 Å². The minimum Gasteiger partial charge on any atom is -0.441 e. The molecule has 4 heterocycles. The van der Waals surface area contributed by atoms with Crippen LogP contribution in [0.15, 0.2) is 45.8 Å². The summed E-state index contributed by atoms with van der Waals surface area (Å²) in [4.78, 5) is 14.4. The molecule has 2 aromatic heterocycles. The number of fused-ring (bicyclic) bond motifs is 3. The molecule has 1 aliphatic carbocycles. The van der Waals surface area contributed by atoms with E-state index in [0.29, 0.717) is 16.4 Å². The summed E-state index contributed by atoms with van der Waals surface area (Å²) in [6, 6.07) is 11.5. The van der Waals surface area contributed by atoms with Crippen LogP contribution in [0.5, 0.6) is 5.06 Å². The average molecular weight is 493 g/mol. The number of nitrogens with zero attached hydrogens (tertiary/aromatic N) is 1. The largest absolute Gasteiger partial charge is 0.441 e. The quantitative estimate of drug-likeness (QED) is 0.336. The third kappa shape index (κ3) is 3.46. The van der Waals surface area contributed by atoms with Gasteiger partial charge in [-0.1, -0.05) is 46.8 Å². The fourth-order valence-electron chi connectivity index (χ4n) is 4.02. The van der Waals surface area contributed by atoms with Crippen molar-refractivity contribution in [1.82, 2.24) is 5.16 Å². The molecule has 1 fully saturated rings. The molecule has 2 atom stereocenters. The Morgan fingerprint density at radius 2 is 2.12 bits per heavy atom. The van der Waals surface area contributed by atoms with Crippen molar-refractivity contribution in [3.05, 3.63) is 68.8 Å². The molecule has 2 aliphatic heterocycles. The first-order chi connectivity index (χ1) is 16.4. The lowest BCUT2D eigenvalue weighted by atomic mass is 10.1. The van der Waals surface area contributed by atoms with Crippen molar-refractivity contribution >= 4 is 45.0 Å². The van der Waals surface area contributed by atoms with Crippen LogP contribution in [-0.2, 0) is 4.74 Å². The normalized spacial score (nSPS) is 19.4. The summed E-state index contributed by atoms with van der Waals surface area (Å²) in [6.45, 7) is 3.53. The van der Waals surface area contributed by atoms with Gasteiger partial charge in [0.15, 0.2) is 5.06 Å². The van der Waals surface area contributed by atoms with Gasteiger partial charge in [-0.15, -0.1) is 0 Å². The molecule has 172 valence electrons. The van der Waals surface area contributed by atoms with Gasteiger partial charge in [-0.2, -0.15) is 0 Å². The number of amides is 1. The number of thiophene rings is 1. The molecule has 1 spiro atoms. The Morgan fingerprint density at radius 1 is 1.32 bits per heavy atom. The summed E-state index contributed by atoms with van der Waals surface area (Å²) in [6.07, 6.45) is 3.10. The van der Waals surface area contributed by atoms with Crippen LogP contribution in [0.25, 0.3) is 6.08 Å². The molecule has 7 nitrogen and oxygen atoms in total. The number of ether oxygens (including phenoxy) is 1. The number of aliphatic hydroxyl groups is 1. The van der Waals surface area contributed by atoms with E-state index in [9.17, 15) is 9.90 Å². The van der Waals surface area contributed by atoms with Crippen LogP contribution in [0, 0.1) is 24.2 Å². The van der Waals surface area contributed by atoms with Crippen LogP contribution in [-0.4, -0.2) is 21.4 Å². The van der Waals surface area contributed by atoms with Gasteiger partial charge in [-0.3, -0.25) is 5.32 Å². The number of benzene rings is 1. The zero-order valence-electron chi connectivity index (χ0n) is 18.4. The minimum atomic E-state index is -0.615. The van der Waals surface area contributed by atoms with Crippen molar-refractivity contribution in [3.8, 4) is 16.9 Å². The summed E-state index contributed by atoms with van der Waals surface area (Å²) in [5.74, 6) is 6.28. The van der Waals surface area contributed by atoms with Gasteiger partial charge in [0.25, 0.3) is 0 Å². The van der Waals surface area contributed by atoms with Gasteiger partial charge < -0.3 is 18.5 Å². The fraction of sp³-hybridized carbons (Fsp3) is 0.240. The number of hydrogen-bond donors (Lipinski definition) is 2. The van der Waals surface area contributed by atoms with E-state index in [0.717, 1.165) is 33.9 Å². The van der Waals surface area contributed by atoms with Crippen molar-refractivity contribution < 1.29 is 23.3 Å². The molecular weight excluding hydrogens is 472 g/mol. The first-order valence-electron chi connectivity index (χ1n) is 10.8. The van der Waals surface area contributed by atoms with E-state index < -0.39 is 23.0 Å². The molecule has 0 bridgehead atoms. The molecule has 34 heavy (non-hydrogen) atoms. The maximum Gasteiger partial charge on any atom is 0.412 e. The topological polar surface area (TPSA) is 93.8 Å². The fourth-order valence-corrected chi connectivity index (χ4v) is 7.11. The van der Waals surface area contributed by atoms with Crippen molar-refractivity contribution in [2.75, 3.05) is 5.32 Å². The second kappa shape index (κ2) is 7.87. The number of carbonyl (C=O) groups excluding carboxylic acids is 1. The minimum absolute atomic E-state index is 0.112. The highest BCUT2D eigenvalue weighted by molar-refractivity contribution is 8.17. The number of anilines is 1. The molecule has 1 saturated carbocycles. The number of aromatic nitrogens is 1. The first kappa shape index (κ1) is 21.2. The second-order valence-electron chi connectivity index (χ2n) is 8.41. The average Bonchev–Trinajstić information content (AvgIpc) is 3.49. The summed E-state index contributed by atoms with van der Waals surface area (Å²) in [7, 11) is -0.615. The Hall–Kier alpha value is -3.32. The smallest absolute Gasteiger partial charge is 0.412 e. The number of hydrogen-bond acceptors (Lipinski definition) is 6. The number of aryl methyl sites for hydroxylation is 1. The van der Waals surface area contributed by atoms with E-state index in [4.69, 9.17) is 13.4 Å². The van der Waals surface area contributed by atoms with Crippen molar-refractivity contribution in [1.29, 1.82) is 0 Å². The molecule has 1 aromatic carbocycles. The van der Waals surface area contributed by atoms with E-state index >= 15 is 0 Å². The van der Waals surface area contributed by atoms with Crippen LogP contribution in [0.1, 0.15) is 53.3 Å². The van der Waals surface area contributed by atoms with E-state index in [-0.39, 0.29) is 11.2 Å². The number of aliphatic hydroxyl groups excluding tert-OH is 1. The Kier molecular flexibility index (Phi) is 4.92. The SMILES string of the molecule is Cc1noc(C#Cc2cc3c(s2)OS2=C(O)C4(CC4)C2=C3)c1NC(=O)OC(C)c1ccccc1. The maximum atomic E-state index is 12.5. The molecule has 6 rings (SSSR count). The van der Waals surface area contributed by atoms with Gasteiger partial charge >= 0.3 is 6.09 Å². The zero-order valence-corrected chi connectivity index (χ0v) is 20.0. The molecule has 0 saturated heterocycles. The van der Waals surface area contributed by atoms with Crippen LogP contribution >= 0.6 is 22.1 Å². The highest BCUT2D eigenvalue weighted by atomic mass is 32.2. The maximum absolute atomic E-state index is 12.5. The molecule has 3 aliphatic rings. The predicted molar refractivity (Wildman–Crippen MR) is 132 cm³/mol. The number of rotatable bonds is 3. The lowest BCUT2D eigenvalue weighted by Crippen LogP contribution is -2.30. The van der Waals surface area contributed by atoms with Crippen molar-refractivity contribution in [2.45, 2.75) is 32.8 Å². The van der Waals surface area contributed by atoms with E-state index in [2.05, 4.69) is 28.4 Å². The highest BCUT2D eigenvalue weighted by Gasteiger charge is 2.60. The summed E-state index contributed by atoms with van der Waals surface area (Å²) in [5.41, 5.74) is 2.65. The van der Waals surface area contributed by atoms with E-state index in [1.807, 2.05) is 36.4 Å². The monoisotopic (exact) mass is 492 g/mol. The lowest BCUT2D eigenvalue weighted by Gasteiger charge is -2.35. The molecule has 1 amide bonds. The van der Waals surface area contributed by atoms with Crippen LogP contribution in [0.2, 0.25) is 0 Å².